The van der Waals surface area contributed by atoms with Gasteiger partial charge in [0, 0.05) is 4.90 Å². The molecule has 2 rings (SSSR count). The van der Waals surface area contributed by atoms with Crippen LogP contribution in [0.4, 0.5) is 0 Å². The van der Waals surface area contributed by atoms with E-state index in [1.807, 2.05) is 18.4 Å². The molecule has 1 aliphatic rings. The van der Waals surface area contributed by atoms with Crippen LogP contribution in [-0.2, 0) is 11.4 Å². The third-order valence-corrected chi connectivity index (χ3v) is 3.13. The standard InChI is InChI=1S/C11H12N2OS/c1-15-11-5-3-2-4-9(11)8-14-13-7-10(13)6-12/h2-5,10H,7-8H2,1H3. The zero-order valence-electron chi connectivity index (χ0n) is 8.51. The number of nitrogens with zero attached hydrogens (tertiary/aromatic N) is 2. The fraction of sp³-hybridized carbons (Fsp3) is 0.364. The number of thioether (sulfide) groups is 1. The minimum Gasteiger partial charge on any atom is -0.293 e. The highest BCUT2D eigenvalue weighted by atomic mass is 32.2. The highest BCUT2D eigenvalue weighted by molar-refractivity contribution is 7.98. The van der Waals surface area contributed by atoms with Gasteiger partial charge in [-0.25, -0.2) is 0 Å². The number of nitriles is 1. The summed E-state index contributed by atoms with van der Waals surface area (Å²) in [4.78, 5) is 6.71. The van der Waals surface area contributed by atoms with Crippen molar-refractivity contribution >= 4 is 11.8 Å². The average Bonchev–Trinajstić information content (AvgIpc) is 3.05. The second-order valence-corrected chi connectivity index (χ2v) is 4.18. The first-order chi connectivity index (χ1) is 7.35. The molecule has 1 saturated heterocycles. The molecule has 1 aromatic rings. The van der Waals surface area contributed by atoms with Crippen LogP contribution < -0.4 is 0 Å². The number of benzene rings is 1. The lowest BCUT2D eigenvalue weighted by atomic mass is 10.2. The normalized spacial score (nSPS) is 23.5. The highest BCUT2D eigenvalue weighted by Gasteiger charge is 2.35. The Kier molecular flexibility index (Phi) is 3.27. The van der Waals surface area contributed by atoms with Crippen LogP contribution in [0.1, 0.15) is 5.56 Å². The summed E-state index contributed by atoms with van der Waals surface area (Å²) in [5, 5.41) is 10.3. The zero-order valence-corrected chi connectivity index (χ0v) is 9.33. The molecule has 0 bridgehead atoms. The first-order valence-corrected chi connectivity index (χ1v) is 5.98. The summed E-state index contributed by atoms with van der Waals surface area (Å²) in [6, 6.07) is 10.3. The molecule has 0 spiro atoms. The van der Waals surface area contributed by atoms with Crippen LogP contribution in [-0.4, -0.2) is 23.9 Å². The molecule has 0 N–H and O–H groups in total. The Morgan fingerprint density at radius 3 is 3.07 bits per heavy atom. The predicted molar refractivity (Wildman–Crippen MR) is 59.1 cm³/mol. The minimum absolute atomic E-state index is 0.0357. The lowest BCUT2D eigenvalue weighted by Gasteiger charge is -2.07. The molecule has 78 valence electrons. The number of rotatable bonds is 4. The third kappa shape index (κ3) is 2.51. The maximum atomic E-state index is 8.60. The quantitative estimate of drug-likeness (QED) is 0.574. The van der Waals surface area contributed by atoms with Crippen LogP contribution in [0.25, 0.3) is 0 Å². The summed E-state index contributed by atoms with van der Waals surface area (Å²) in [6.45, 7) is 1.28. The monoisotopic (exact) mass is 220 g/mol. The van der Waals surface area contributed by atoms with Crippen molar-refractivity contribution in [2.75, 3.05) is 12.8 Å². The minimum atomic E-state index is -0.0357. The Balaban J connectivity index is 1.91. The number of hydrogen-bond acceptors (Lipinski definition) is 4. The molecule has 2 atom stereocenters. The molecular formula is C11H12N2OS. The summed E-state index contributed by atoms with van der Waals surface area (Å²) in [7, 11) is 0. The predicted octanol–water partition coefficient (Wildman–Crippen LogP) is 2.05. The molecule has 1 aromatic carbocycles. The van der Waals surface area contributed by atoms with E-state index < -0.39 is 0 Å². The lowest BCUT2D eigenvalue weighted by molar-refractivity contribution is -0.0834. The van der Waals surface area contributed by atoms with E-state index in [1.165, 1.54) is 10.5 Å². The van der Waals surface area contributed by atoms with Gasteiger partial charge in [0.05, 0.1) is 19.2 Å². The summed E-state index contributed by atoms with van der Waals surface area (Å²) < 4.78 is 0. The van der Waals surface area contributed by atoms with Gasteiger partial charge in [-0.15, -0.1) is 11.8 Å². The van der Waals surface area contributed by atoms with Crippen LogP contribution in [0, 0.1) is 11.3 Å². The van der Waals surface area contributed by atoms with Gasteiger partial charge in [-0.05, 0) is 17.9 Å². The van der Waals surface area contributed by atoms with Gasteiger partial charge in [-0.3, -0.25) is 4.84 Å². The second kappa shape index (κ2) is 4.67. The molecular weight excluding hydrogens is 208 g/mol. The highest BCUT2D eigenvalue weighted by Crippen LogP contribution is 2.23. The maximum Gasteiger partial charge on any atom is 0.137 e. The Labute approximate surface area is 93.6 Å². The first-order valence-electron chi connectivity index (χ1n) is 4.76. The van der Waals surface area contributed by atoms with E-state index >= 15 is 0 Å². The van der Waals surface area contributed by atoms with Gasteiger partial charge in [0.15, 0.2) is 0 Å². The van der Waals surface area contributed by atoms with E-state index in [9.17, 15) is 0 Å². The average molecular weight is 220 g/mol. The molecule has 0 aromatic heterocycles. The van der Waals surface area contributed by atoms with Gasteiger partial charge in [0.2, 0.25) is 0 Å². The fourth-order valence-corrected chi connectivity index (χ4v) is 1.95. The van der Waals surface area contributed by atoms with Gasteiger partial charge < -0.3 is 0 Å². The molecule has 0 radical (unpaired) electrons. The fourth-order valence-electron chi connectivity index (χ4n) is 1.35. The van der Waals surface area contributed by atoms with Crippen molar-refractivity contribution in [1.82, 2.24) is 5.06 Å². The molecule has 15 heavy (non-hydrogen) atoms. The molecule has 0 aliphatic carbocycles. The largest absolute Gasteiger partial charge is 0.293 e. The summed E-state index contributed by atoms with van der Waals surface area (Å²) in [5.74, 6) is 0. The van der Waals surface area contributed by atoms with Crippen molar-refractivity contribution in [3.05, 3.63) is 29.8 Å². The van der Waals surface area contributed by atoms with Gasteiger partial charge in [-0.2, -0.15) is 10.3 Å². The third-order valence-electron chi connectivity index (χ3n) is 2.29. The zero-order chi connectivity index (χ0) is 10.7. The van der Waals surface area contributed by atoms with Crippen molar-refractivity contribution in [2.45, 2.75) is 17.5 Å². The Morgan fingerprint density at radius 2 is 2.40 bits per heavy atom. The Hall–Kier alpha value is -1.02. The van der Waals surface area contributed by atoms with E-state index in [0.29, 0.717) is 6.61 Å². The van der Waals surface area contributed by atoms with E-state index in [2.05, 4.69) is 18.2 Å². The molecule has 1 fully saturated rings. The van der Waals surface area contributed by atoms with Gasteiger partial charge in [-0.1, -0.05) is 18.2 Å². The number of hydrogen-bond donors (Lipinski definition) is 0. The topological polar surface area (TPSA) is 36.0 Å². The lowest BCUT2D eigenvalue weighted by Crippen LogP contribution is -2.03. The molecule has 1 heterocycles. The molecule has 2 unspecified atom stereocenters. The molecule has 1 aliphatic heterocycles. The van der Waals surface area contributed by atoms with Crippen molar-refractivity contribution < 1.29 is 4.84 Å². The Morgan fingerprint density at radius 1 is 1.60 bits per heavy atom. The maximum absolute atomic E-state index is 8.60. The van der Waals surface area contributed by atoms with E-state index in [0.717, 1.165) is 6.54 Å². The van der Waals surface area contributed by atoms with Crippen molar-refractivity contribution in [2.24, 2.45) is 0 Å². The summed E-state index contributed by atoms with van der Waals surface area (Å²) in [5.41, 5.74) is 1.17. The second-order valence-electron chi connectivity index (χ2n) is 3.33. The van der Waals surface area contributed by atoms with E-state index in [4.69, 9.17) is 10.1 Å². The molecule has 0 saturated carbocycles. The van der Waals surface area contributed by atoms with Crippen molar-refractivity contribution in [3.63, 3.8) is 0 Å². The van der Waals surface area contributed by atoms with Crippen LogP contribution in [0.3, 0.4) is 0 Å². The SMILES string of the molecule is CSc1ccccc1CON1CC1C#N. The van der Waals surface area contributed by atoms with E-state index in [1.54, 1.807) is 16.8 Å². The Bertz CT molecular complexity index is 388. The van der Waals surface area contributed by atoms with Crippen LogP contribution in [0.2, 0.25) is 0 Å². The van der Waals surface area contributed by atoms with Gasteiger partial charge in [0.25, 0.3) is 0 Å². The summed E-state index contributed by atoms with van der Waals surface area (Å²) in [6.07, 6.45) is 2.05. The van der Waals surface area contributed by atoms with Crippen LogP contribution in [0.5, 0.6) is 0 Å². The molecule has 3 nitrogen and oxygen atoms in total. The van der Waals surface area contributed by atoms with Crippen molar-refractivity contribution in [1.29, 1.82) is 5.26 Å². The van der Waals surface area contributed by atoms with Gasteiger partial charge in [0.1, 0.15) is 6.04 Å². The number of hydroxylamine groups is 2. The van der Waals surface area contributed by atoms with Crippen LogP contribution >= 0.6 is 11.8 Å². The smallest absolute Gasteiger partial charge is 0.137 e. The molecule has 0 amide bonds. The first kappa shape index (κ1) is 10.5. The summed E-state index contributed by atoms with van der Waals surface area (Å²) >= 11 is 1.71. The van der Waals surface area contributed by atoms with Crippen molar-refractivity contribution in [3.8, 4) is 6.07 Å². The molecule has 4 heteroatoms. The van der Waals surface area contributed by atoms with Gasteiger partial charge >= 0.3 is 0 Å². The van der Waals surface area contributed by atoms with E-state index in [-0.39, 0.29) is 6.04 Å². The van der Waals surface area contributed by atoms with Crippen LogP contribution in [0.15, 0.2) is 29.2 Å².